The highest BCUT2D eigenvalue weighted by Crippen LogP contribution is 2.25. The summed E-state index contributed by atoms with van der Waals surface area (Å²) in [5.74, 6) is 1.87. The summed E-state index contributed by atoms with van der Waals surface area (Å²) in [5, 5.41) is 3.47. The summed E-state index contributed by atoms with van der Waals surface area (Å²) in [6.07, 6.45) is 5.06. The fourth-order valence-corrected chi connectivity index (χ4v) is 2.77. The summed E-state index contributed by atoms with van der Waals surface area (Å²) in [5.41, 5.74) is 0. The van der Waals surface area contributed by atoms with Crippen LogP contribution < -0.4 is 9.47 Å². The molecule has 0 fully saturated rings. The average molecular weight is 365 g/mol. The Bertz CT molecular complexity index is 581. The zero-order valence-electron chi connectivity index (χ0n) is 13.5. The van der Waals surface area contributed by atoms with Crippen LogP contribution in [-0.2, 0) is 0 Å². The molecule has 0 aromatic heterocycles. The normalized spacial score (nSPS) is 11.1. The molecule has 2 rings (SSSR count). The van der Waals surface area contributed by atoms with Crippen molar-refractivity contribution in [2.75, 3.05) is 11.9 Å². The summed E-state index contributed by atoms with van der Waals surface area (Å²) in [7, 11) is 0. The monoisotopic (exact) mass is 364 g/mol. The van der Waals surface area contributed by atoms with E-state index in [0.717, 1.165) is 29.9 Å². The van der Waals surface area contributed by atoms with Crippen molar-refractivity contribution >= 4 is 26.7 Å². The van der Waals surface area contributed by atoms with Crippen molar-refractivity contribution < 1.29 is 9.47 Å². The molecule has 0 aliphatic rings. The van der Waals surface area contributed by atoms with Crippen LogP contribution in [0.2, 0.25) is 0 Å². The lowest BCUT2D eigenvalue weighted by Crippen LogP contribution is -2.05. The summed E-state index contributed by atoms with van der Waals surface area (Å²) >= 11 is 3.46. The molecule has 0 saturated carbocycles. The third-order valence-corrected chi connectivity index (χ3v) is 4.01. The first-order chi connectivity index (χ1) is 10.7. The van der Waals surface area contributed by atoms with Gasteiger partial charge in [0.25, 0.3) is 0 Å². The minimum atomic E-state index is 0.199. The number of rotatable bonds is 9. The van der Waals surface area contributed by atoms with Crippen LogP contribution in [0, 0.1) is 0 Å². The van der Waals surface area contributed by atoms with Crippen molar-refractivity contribution in [1.29, 1.82) is 0 Å². The van der Waals surface area contributed by atoms with Gasteiger partial charge in [-0.2, -0.15) is 0 Å². The highest BCUT2D eigenvalue weighted by Gasteiger charge is 2.02. The van der Waals surface area contributed by atoms with E-state index in [2.05, 4.69) is 40.2 Å². The molecule has 0 radical (unpaired) electrons. The lowest BCUT2D eigenvalue weighted by molar-refractivity contribution is 0.243. The molecule has 0 saturated heterocycles. The fraction of sp³-hybridized carbons (Fsp3) is 0.474. The van der Waals surface area contributed by atoms with Crippen LogP contribution in [0.1, 0.15) is 39.5 Å². The standard InChI is InChI=1S/C19H25BrO2/c1-15(2)22-19-10-8-16-13-18(9-7-17(16)14-19)21-12-6-4-3-5-11-20/h7-10,13-15H,3-6,11-12H2,1-2H3. The Labute approximate surface area is 141 Å². The van der Waals surface area contributed by atoms with Crippen LogP contribution in [0.5, 0.6) is 11.5 Å². The van der Waals surface area contributed by atoms with Gasteiger partial charge in [-0.15, -0.1) is 0 Å². The summed E-state index contributed by atoms with van der Waals surface area (Å²) in [6.45, 7) is 4.88. The molecular formula is C19H25BrO2. The van der Waals surface area contributed by atoms with E-state index in [1.165, 1.54) is 30.0 Å². The number of hydrogen-bond acceptors (Lipinski definition) is 2. The van der Waals surface area contributed by atoms with Crippen LogP contribution in [0.15, 0.2) is 36.4 Å². The maximum Gasteiger partial charge on any atom is 0.120 e. The van der Waals surface area contributed by atoms with Gasteiger partial charge in [-0.25, -0.2) is 0 Å². The molecule has 0 bridgehead atoms. The van der Waals surface area contributed by atoms with Gasteiger partial charge in [0.2, 0.25) is 0 Å². The van der Waals surface area contributed by atoms with E-state index in [9.17, 15) is 0 Å². The van der Waals surface area contributed by atoms with E-state index >= 15 is 0 Å². The molecule has 2 aromatic rings. The minimum Gasteiger partial charge on any atom is -0.494 e. The van der Waals surface area contributed by atoms with Crippen LogP contribution in [-0.4, -0.2) is 18.0 Å². The summed E-state index contributed by atoms with van der Waals surface area (Å²) in [4.78, 5) is 0. The Morgan fingerprint density at radius 1 is 0.864 bits per heavy atom. The fourth-order valence-electron chi connectivity index (χ4n) is 2.38. The van der Waals surface area contributed by atoms with Gasteiger partial charge in [-0.05, 0) is 61.7 Å². The molecular weight excluding hydrogens is 340 g/mol. The van der Waals surface area contributed by atoms with Gasteiger partial charge < -0.3 is 9.47 Å². The molecule has 120 valence electrons. The van der Waals surface area contributed by atoms with Crippen molar-refractivity contribution in [3.05, 3.63) is 36.4 Å². The van der Waals surface area contributed by atoms with Crippen LogP contribution in [0.4, 0.5) is 0 Å². The number of benzene rings is 2. The quantitative estimate of drug-likeness (QED) is 0.403. The molecule has 2 nitrogen and oxygen atoms in total. The first-order valence-corrected chi connectivity index (χ1v) is 9.20. The lowest BCUT2D eigenvalue weighted by atomic mass is 10.1. The highest BCUT2D eigenvalue weighted by molar-refractivity contribution is 9.09. The third kappa shape index (κ3) is 5.53. The van der Waals surface area contributed by atoms with Crippen molar-refractivity contribution in [2.24, 2.45) is 0 Å². The minimum absolute atomic E-state index is 0.199. The second-order valence-corrected chi connectivity index (χ2v) is 6.58. The van der Waals surface area contributed by atoms with Gasteiger partial charge in [0.1, 0.15) is 11.5 Å². The molecule has 0 unspecified atom stereocenters. The Morgan fingerprint density at radius 3 is 2.18 bits per heavy atom. The first-order valence-electron chi connectivity index (χ1n) is 8.08. The zero-order chi connectivity index (χ0) is 15.8. The molecule has 2 aromatic carbocycles. The molecule has 0 N–H and O–H groups in total. The SMILES string of the molecule is CC(C)Oc1ccc2cc(OCCCCCCBr)ccc2c1. The number of halogens is 1. The molecule has 3 heteroatoms. The highest BCUT2D eigenvalue weighted by atomic mass is 79.9. The predicted molar refractivity (Wildman–Crippen MR) is 97.5 cm³/mol. The van der Waals surface area contributed by atoms with E-state index in [1.54, 1.807) is 0 Å². The van der Waals surface area contributed by atoms with E-state index in [-0.39, 0.29) is 6.10 Å². The number of alkyl halides is 1. The van der Waals surface area contributed by atoms with E-state index < -0.39 is 0 Å². The second kappa shape index (κ2) is 9.04. The number of ether oxygens (including phenoxy) is 2. The van der Waals surface area contributed by atoms with Gasteiger partial charge >= 0.3 is 0 Å². The van der Waals surface area contributed by atoms with Crippen LogP contribution >= 0.6 is 15.9 Å². The molecule has 0 spiro atoms. The zero-order valence-corrected chi connectivity index (χ0v) is 15.1. The van der Waals surface area contributed by atoms with Gasteiger partial charge in [0, 0.05) is 5.33 Å². The lowest BCUT2D eigenvalue weighted by Gasteiger charge is -2.11. The van der Waals surface area contributed by atoms with E-state index in [0.29, 0.717) is 0 Å². The van der Waals surface area contributed by atoms with Crippen molar-refractivity contribution in [2.45, 2.75) is 45.6 Å². The molecule has 0 heterocycles. The topological polar surface area (TPSA) is 18.5 Å². The Kier molecular flexibility index (Phi) is 7.04. The number of fused-ring (bicyclic) bond motifs is 1. The Morgan fingerprint density at radius 2 is 1.50 bits per heavy atom. The Balaban J connectivity index is 1.90. The molecule has 0 atom stereocenters. The van der Waals surface area contributed by atoms with Gasteiger partial charge in [0.05, 0.1) is 12.7 Å². The van der Waals surface area contributed by atoms with Crippen LogP contribution in [0.25, 0.3) is 10.8 Å². The predicted octanol–water partition coefficient (Wildman–Crippen LogP) is 5.96. The third-order valence-electron chi connectivity index (χ3n) is 3.45. The number of unbranched alkanes of at least 4 members (excludes halogenated alkanes) is 3. The van der Waals surface area contributed by atoms with Gasteiger partial charge in [-0.3, -0.25) is 0 Å². The molecule has 22 heavy (non-hydrogen) atoms. The average Bonchev–Trinajstić information content (AvgIpc) is 2.50. The molecule has 0 amide bonds. The number of hydrogen-bond donors (Lipinski definition) is 0. The van der Waals surface area contributed by atoms with Crippen LogP contribution in [0.3, 0.4) is 0 Å². The van der Waals surface area contributed by atoms with Crippen molar-refractivity contribution in [1.82, 2.24) is 0 Å². The van der Waals surface area contributed by atoms with Gasteiger partial charge in [0.15, 0.2) is 0 Å². The molecule has 0 aliphatic heterocycles. The largest absolute Gasteiger partial charge is 0.494 e. The summed E-state index contributed by atoms with van der Waals surface area (Å²) < 4.78 is 11.6. The smallest absolute Gasteiger partial charge is 0.120 e. The van der Waals surface area contributed by atoms with E-state index in [4.69, 9.17) is 9.47 Å². The summed E-state index contributed by atoms with van der Waals surface area (Å²) in [6, 6.07) is 12.4. The molecule has 0 aliphatic carbocycles. The first kappa shape index (κ1) is 17.1. The van der Waals surface area contributed by atoms with Crippen molar-refractivity contribution in [3.63, 3.8) is 0 Å². The second-order valence-electron chi connectivity index (χ2n) is 5.79. The maximum atomic E-state index is 5.85. The van der Waals surface area contributed by atoms with Gasteiger partial charge in [-0.1, -0.05) is 40.9 Å². The van der Waals surface area contributed by atoms with E-state index in [1.807, 2.05) is 26.0 Å². The van der Waals surface area contributed by atoms with Crippen molar-refractivity contribution in [3.8, 4) is 11.5 Å². The maximum absolute atomic E-state index is 5.85. The Hall–Kier alpha value is -1.22.